The molecule has 214 valence electrons. The van der Waals surface area contributed by atoms with Crippen LogP contribution in [0.25, 0.3) is 11.0 Å². The molecule has 39 heavy (non-hydrogen) atoms. The Morgan fingerprint density at radius 2 is 2.00 bits per heavy atom. The molecule has 0 aromatic carbocycles. The summed E-state index contributed by atoms with van der Waals surface area (Å²) in [7, 11) is -5.10. The van der Waals surface area contributed by atoms with Gasteiger partial charge in [-0.25, -0.2) is 14.6 Å². The molecule has 0 unspecified atom stereocenters. The standard InChI is InChI=1S/C21H32N9O8P/c1-2-14-24-18(23-11-5-3-4-6-11)12-8-22-30(19(12)25-14)20-17(33)16(32)13(38-20)9-37-21(10-31,39(34,35)36)7-15-26-28-29-27-15/h8,11,13,16-17,20,31-33H,2-7,9-10H2,1H3,(H,23,24,25)(H2,34,35,36)(H,26,27,28,29)/t13-,16-,17-,20-,21-/m1/s1. The van der Waals surface area contributed by atoms with Gasteiger partial charge in [-0.05, 0) is 12.8 Å². The summed E-state index contributed by atoms with van der Waals surface area (Å²) < 4.78 is 25.1. The van der Waals surface area contributed by atoms with E-state index in [1.807, 2.05) is 6.92 Å². The van der Waals surface area contributed by atoms with Crippen LogP contribution in [0.15, 0.2) is 6.20 Å². The first-order chi connectivity index (χ1) is 18.7. The number of H-pyrrole nitrogens is 1. The van der Waals surface area contributed by atoms with Gasteiger partial charge in [0.1, 0.15) is 30.0 Å². The van der Waals surface area contributed by atoms with Crippen molar-refractivity contribution in [3.05, 3.63) is 17.8 Å². The van der Waals surface area contributed by atoms with Gasteiger partial charge in [0.2, 0.25) is 0 Å². The Kier molecular flexibility index (Phi) is 7.94. The molecule has 3 aromatic heterocycles. The molecular weight excluding hydrogens is 537 g/mol. The maximum absolute atomic E-state index is 12.3. The fraction of sp³-hybridized carbons (Fsp3) is 0.714. The lowest BCUT2D eigenvalue weighted by molar-refractivity contribution is -0.109. The number of rotatable bonds is 11. The van der Waals surface area contributed by atoms with E-state index in [2.05, 4.69) is 41.0 Å². The third-order valence-corrected chi connectivity index (χ3v) is 8.70. The second-order valence-corrected chi connectivity index (χ2v) is 11.7. The van der Waals surface area contributed by atoms with Crippen molar-refractivity contribution in [1.29, 1.82) is 0 Å². The normalized spacial score (nSPS) is 25.9. The monoisotopic (exact) mass is 569 g/mol. The van der Waals surface area contributed by atoms with Gasteiger partial charge in [0.15, 0.2) is 23.0 Å². The molecule has 1 saturated heterocycles. The first-order valence-corrected chi connectivity index (χ1v) is 14.3. The SMILES string of the molecule is CCc1nc(NC2CCCC2)c2cnn([C@@H]3O[C@H](CO[C@](CO)(Cc4nn[nH]n4)P(=O)(O)O)[C@@H](O)[C@H]3O)c2n1. The summed E-state index contributed by atoms with van der Waals surface area (Å²) >= 11 is 0. The summed E-state index contributed by atoms with van der Waals surface area (Å²) in [6.07, 6.45) is 0.528. The van der Waals surface area contributed by atoms with Crippen LogP contribution in [0.4, 0.5) is 5.82 Å². The van der Waals surface area contributed by atoms with Crippen LogP contribution in [0.2, 0.25) is 0 Å². The minimum atomic E-state index is -5.10. The predicted molar refractivity (Wildman–Crippen MR) is 132 cm³/mol. The van der Waals surface area contributed by atoms with E-state index < -0.39 is 57.1 Å². The van der Waals surface area contributed by atoms with Crippen LogP contribution in [0.1, 0.15) is 50.5 Å². The second kappa shape index (κ2) is 11.1. The third-order valence-electron chi connectivity index (χ3n) is 7.21. The minimum absolute atomic E-state index is 0.102. The Morgan fingerprint density at radius 1 is 1.23 bits per heavy atom. The highest BCUT2D eigenvalue weighted by molar-refractivity contribution is 7.53. The van der Waals surface area contributed by atoms with Crippen molar-refractivity contribution in [3.8, 4) is 0 Å². The highest BCUT2D eigenvalue weighted by Gasteiger charge is 2.52. The third kappa shape index (κ3) is 5.40. The van der Waals surface area contributed by atoms with Crippen LogP contribution in [0, 0.1) is 0 Å². The lowest BCUT2D eigenvalue weighted by Crippen LogP contribution is -2.43. The number of tetrazole rings is 1. The van der Waals surface area contributed by atoms with Crippen LogP contribution in [0.5, 0.6) is 0 Å². The van der Waals surface area contributed by atoms with E-state index in [1.165, 1.54) is 4.68 Å². The molecule has 18 heteroatoms. The summed E-state index contributed by atoms with van der Waals surface area (Å²) in [6, 6.07) is 0.293. The number of aromatic nitrogens is 8. The molecule has 1 saturated carbocycles. The molecule has 7 N–H and O–H groups in total. The molecule has 17 nitrogen and oxygen atoms in total. The number of aliphatic hydroxyl groups excluding tert-OH is 3. The second-order valence-electron chi connectivity index (χ2n) is 9.80. The van der Waals surface area contributed by atoms with Crippen LogP contribution < -0.4 is 5.32 Å². The molecule has 1 aliphatic heterocycles. The van der Waals surface area contributed by atoms with Gasteiger partial charge < -0.3 is 39.9 Å². The molecule has 1 aliphatic carbocycles. The topological polar surface area (TPSA) is 247 Å². The number of hydrogen-bond acceptors (Lipinski definition) is 13. The zero-order valence-corrected chi connectivity index (χ0v) is 22.1. The van der Waals surface area contributed by atoms with Crippen molar-refractivity contribution in [1.82, 2.24) is 40.4 Å². The Labute approximate surface area is 222 Å². The quantitative estimate of drug-likeness (QED) is 0.137. The summed E-state index contributed by atoms with van der Waals surface area (Å²) in [5.41, 5.74) is 0.400. The van der Waals surface area contributed by atoms with E-state index in [-0.39, 0.29) is 5.82 Å². The predicted octanol–water partition coefficient (Wildman–Crippen LogP) is -0.999. The Bertz CT molecular complexity index is 1310. The Balaban J connectivity index is 1.38. The van der Waals surface area contributed by atoms with Gasteiger partial charge in [0, 0.05) is 12.5 Å². The summed E-state index contributed by atoms with van der Waals surface area (Å²) in [6.45, 7) is 0.251. The molecule has 4 heterocycles. The van der Waals surface area contributed by atoms with Gasteiger partial charge in [-0.3, -0.25) is 4.57 Å². The molecular formula is C21H32N9O8P. The molecule has 0 bridgehead atoms. The molecule has 5 rings (SSSR count). The number of ether oxygens (including phenoxy) is 2. The molecule has 5 atom stereocenters. The number of aromatic amines is 1. The van der Waals surface area contributed by atoms with Crippen molar-refractivity contribution in [2.24, 2.45) is 0 Å². The molecule has 0 amide bonds. The van der Waals surface area contributed by atoms with Gasteiger partial charge in [-0.1, -0.05) is 25.0 Å². The molecule has 2 aliphatic rings. The first-order valence-electron chi connectivity index (χ1n) is 12.7. The summed E-state index contributed by atoms with van der Waals surface area (Å²) in [5.74, 6) is 1.10. The average molecular weight is 570 g/mol. The summed E-state index contributed by atoms with van der Waals surface area (Å²) in [4.78, 5) is 29.1. The number of aryl methyl sites for hydroxylation is 1. The zero-order chi connectivity index (χ0) is 27.8. The number of anilines is 1. The largest absolute Gasteiger partial charge is 0.393 e. The maximum Gasteiger partial charge on any atom is 0.359 e. The number of fused-ring (bicyclic) bond motifs is 1. The van der Waals surface area contributed by atoms with Crippen molar-refractivity contribution in [2.45, 2.75) is 81.4 Å². The first kappa shape index (κ1) is 27.9. The maximum atomic E-state index is 12.3. The fourth-order valence-electron chi connectivity index (χ4n) is 4.93. The Morgan fingerprint density at radius 3 is 2.64 bits per heavy atom. The highest BCUT2D eigenvalue weighted by atomic mass is 31.2. The van der Waals surface area contributed by atoms with E-state index in [9.17, 15) is 29.7 Å². The molecule has 2 fully saturated rings. The smallest absolute Gasteiger partial charge is 0.359 e. The van der Waals surface area contributed by atoms with Gasteiger partial charge in [0.05, 0.1) is 31.2 Å². The van der Waals surface area contributed by atoms with Crippen LogP contribution in [-0.2, 0) is 26.9 Å². The van der Waals surface area contributed by atoms with Crippen LogP contribution in [-0.4, -0.2) is 108 Å². The van der Waals surface area contributed by atoms with Gasteiger partial charge in [-0.2, -0.15) is 10.3 Å². The lowest BCUT2D eigenvalue weighted by Gasteiger charge is -2.32. The number of aliphatic hydroxyl groups is 3. The molecule has 3 aromatic rings. The minimum Gasteiger partial charge on any atom is -0.393 e. The summed E-state index contributed by atoms with van der Waals surface area (Å²) in [5, 5.41) is 50.4. The van der Waals surface area contributed by atoms with Crippen molar-refractivity contribution in [3.63, 3.8) is 0 Å². The zero-order valence-electron chi connectivity index (χ0n) is 21.2. The Hall–Kier alpha value is -2.63. The molecule has 0 radical (unpaired) electrons. The van der Waals surface area contributed by atoms with Gasteiger partial charge in [-0.15, -0.1) is 10.2 Å². The van der Waals surface area contributed by atoms with Crippen molar-refractivity contribution < 1.29 is 39.1 Å². The number of nitrogens with zero attached hydrogens (tertiary/aromatic N) is 7. The number of nitrogens with one attached hydrogen (secondary N) is 2. The van der Waals surface area contributed by atoms with E-state index in [4.69, 9.17) is 9.47 Å². The van der Waals surface area contributed by atoms with Gasteiger partial charge >= 0.3 is 7.60 Å². The molecule has 0 spiro atoms. The average Bonchev–Trinajstić information content (AvgIpc) is 3.71. The van der Waals surface area contributed by atoms with E-state index in [1.54, 1.807) is 6.20 Å². The van der Waals surface area contributed by atoms with Crippen molar-refractivity contribution in [2.75, 3.05) is 18.5 Å². The van der Waals surface area contributed by atoms with Crippen LogP contribution >= 0.6 is 7.60 Å². The van der Waals surface area contributed by atoms with E-state index in [0.29, 0.717) is 35.1 Å². The fourth-order valence-corrected chi connectivity index (χ4v) is 5.71. The highest BCUT2D eigenvalue weighted by Crippen LogP contribution is 2.53. The van der Waals surface area contributed by atoms with Gasteiger partial charge in [0.25, 0.3) is 0 Å². The lowest BCUT2D eigenvalue weighted by atomic mass is 10.1. The van der Waals surface area contributed by atoms with E-state index >= 15 is 0 Å². The van der Waals surface area contributed by atoms with Crippen molar-refractivity contribution >= 4 is 24.4 Å². The number of hydrogen-bond donors (Lipinski definition) is 7. The van der Waals surface area contributed by atoms with Crippen LogP contribution in [0.3, 0.4) is 0 Å². The van der Waals surface area contributed by atoms with E-state index in [0.717, 1.165) is 25.7 Å².